The number of rotatable bonds is 4. The Labute approximate surface area is 122 Å². The summed E-state index contributed by atoms with van der Waals surface area (Å²) in [5.41, 5.74) is 3.75. The van der Waals surface area contributed by atoms with Gasteiger partial charge in [0.2, 0.25) is 0 Å². The third-order valence-corrected chi connectivity index (χ3v) is 3.36. The molecule has 0 radical (unpaired) electrons. The Morgan fingerprint density at radius 1 is 1.05 bits per heavy atom. The Hall–Kier alpha value is -1.83. The van der Waals surface area contributed by atoms with E-state index in [9.17, 15) is 0 Å². The molecule has 0 aliphatic rings. The Kier molecular flexibility index (Phi) is 4.43. The molecule has 106 valence electrons. The summed E-state index contributed by atoms with van der Waals surface area (Å²) in [5.74, 6) is 0. The molecule has 0 saturated carbocycles. The molecule has 2 aromatic rings. The monoisotopic (exact) mass is 268 g/mol. The van der Waals surface area contributed by atoms with Crippen molar-refractivity contribution in [3.8, 4) is 0 Å². The molecule has 1 atom stereocenters. The molecule has 0 aliphatic heterocycles. The molecular formula is C18H24N2. The zero-order chi connectivity index (χ0) is 14.6. The van der Waals surface area contributed by atoms with E-state index in [1.165, 1.54) is 5.56 Å². The second-order valence-electron chi connectivity index (χ2n) is 6.51. The number of pyridine rings is 1. The summed E-state index contributed by atoms with van der Waals surface area (Å²) < 4.78 is 0. The first-order valence-corrected chi connectivity index (χ1v) is 7.19. The smallest absolute Gasteiger partial charge is 0.0603 e. The number of nitrogens with zero attached hydrogens (tertiary/aromatic N) is 1. The minimum absolute atomic E-state index is 0.267. The van der Waals surface area contributed by atoms with Gasteiger partial charge in [-0.2, -0.15) is 0 Å². The van der Waals surface area contributed by atoms with E-state index >= 15 is 0 Å². The Bertz CT molecular complexity index is 541. The lowest BCUT2D eigenvalue weighted by Crippen LogP contribution is -2.19. The van der Waals surface area contributed by atoms with Crippen LogP contribution in [0.1, 0.15) is 44.5 Å². The fraction of sp³-hybridized carbons (Fsp3) is 0.389. The van der Waals surface area contributed by atoms with E-state index in [4.69, 9.17) is 0 Å². The minimum Gasteiger partial charge on any atom is -0.377 e. The van der Waals surface area contributed by atoms with Crippen LogP contribution < -0.4 is 5.32 Å². The lowest BCUT2D eigenvalue weighted by Gasteiger charge is -2.28. The lowest BCUT2D eigenvalue weighted by molar-refractivity contribution is 0.352. The van der Waals surface area contributed by atoms with Gasteiger partial charge in [-0.05, 0) is 36.5 Å². The zero-order valence-electron chi connectivity index (χ0n) is 12.9. The molecule has 0 aliphatic carbocycles. The number of benzene rings is 1. The van der Waals surface area contributed by atoms with Gasteiger partial charge in [0.1, 0.15) is 0 Å². The van der Waals surface area contributed by atoms with E-state index in [-0.39, 0.29) is 5.41 Å². The van der Waals surface area contributed by atoms with Gasteiger partial charge < -0.3 is 5.32 Å². The van der Waals surface area contributed by atoms with Crippen LogP contribution in [-0.4, -0.2) is 4.98 Å². The van der Waals surface area contributed by atoms with Crippen molar-refractivity contribution in [2.24, 2.45) is 5.41 Å². The Morgan fingerprint density at radius 2 is 1.75 bits per heavy atom. The van der Waals surface area contributed by atoms with Gasteiger partial charge in [0.05, 0.1) is 17.4 Å². The fourth-order valence-electron chi connectivity index (χ4n) is 2.37. The van der Waals surface area contributed by atoms with Gasteiger partial charge in [-0.25, -0.2) is 0 Å². The van der Waals surface area contributed by atoms with Gasteiger partial charge >= 0.3 is 0 Å². The first kappa shape index (κ1) is 14.6. The number of anilines is 1. The van der Waals surface area contributed by atoms with E-state index in [0.717, 1.165) is 17.8 Å². The first-order valence-electron chi connectivity index (χ1n) is 7.19. The standard InChI is InChI=1S/C18H24N2/c1-14-16(11-8-12-19-14)20-17(13-18(2,3)4)15-9-6-5-7-10-15/h5-12,17,20H,13H2,1-4H3. The maximum atomic E-state index is 4.36. The lowest BCUT2D eigenvalue weighted by atomic mass is 9.85. The molecule has 2 nitrogen and oxygen atoms in total. The molecule has 2 heteroatoms. The summed E-state index contributed by atoms with van der Waals surface area (Å²) in [6, 6.07) is 15.0. The molecule has 0 bridgehead atoms. The van der Waals surface area contributed by atoms with Gasteiger partial charge in [-0.3, -0.25) is 4.98 Å². The first-order chi connectivity index (χ1) is 9.46. The number of hydrogen-bond donors (Lipinski definition) is 1. The summed E-state index contributed by atoms with van der Waals surface area (Å²) >= 11 is 0. The minimum atomic E-state index is 0.267. The molecule has 0 saturated heterocycles. The van der Waals surface area contributed by atoms with Crippen LogP contribution in [0.3, 0.4) is 0 Å². The number of aromatic nitrogens is 1. The highest BCUT2D eigenvalue weighted by Crippen LogP contribution is 2.32. The molecule has 0 amide bonds. The van der Waals surface area contributed by atoms with Crippen LogP contribution in [0, 0.1) is 12.3 Å². The van der Waals surface area contributed by atoms with Gasteiger partial charge in [0.25, 0.3) is 0 Å². The molecule has 2 rings (SSSR count). The fourth-order valence-corrected chi connectivity index (χ4v) is 2.37. The summed E-state index contributed by atoms with van der Waals surface area (Å²) in [6.07, 6.45) is 2.91. The van der Waals surface area contributed by atoms with Crippen molar-refractivity contribution in [2.75, 3.05) is 5.32 Å². The summed E-state index contributed by atoms with van der Waals surface area (Å²) in [5, 5.41) is 3.66. The van der Waals surface area contributed by atoms with E-state index in [2.05, 4.69) is 67.5 Å². The largest absolute Gasteiger partial charge is 0.377 e. The molecule has 20 heavy (non-hydrogen) atoms. The topological polar surface area (TPSA) is 24.9 Å². The maximum absolute atomic E-state index is 4.36. The summed E-state index contributed by atoms with van der Waals surface area (Å²) in [7, 11) is 0. The normalized spacial score (nSPS) is 13.0. The number of nitrogens with one attached hydrogen (secondary N) is 1. The van der Waals surface area contributed by atoms with Crippen molar-refractivity contribution in [2.45, 2.75) is 40.2 Å². The second-order valence-corrected chi connectivity index (χ2v) is 6.51. The van der Waals surface area contributed by atoms with E-state index < -0.39 is 0 Å². The van der Waals surface area contributed by atoms with Crippen molar-refractivity contribution < 1.29 is 0 Å². The van der Waals surface area contributed by atoms with Gasteiger partial charge in [0, 0.05) is 6.20 Å². The maximum Gasteiger partial charge on any atom is 0.0603 e. The van der Waals surface area contributed by atoms with Crippen LogP contribution in [0.25, 0.3) is 0 Å². The number of aryl methyl sites for hydroxylation is 1. The highest BCUT2D eigenvalue weighted by molar-refractivity contribution is 5.48. The van der Waals surface area contributed by atoms with Gasteiger partial charge in [-0.15, -0.1) is 0 Å². The molecule has 1 unspecified atom stereocenters. The van der Waals surface area contributed by atoms with Crippen molar-refractivity contribution in [1.29, 1.82) is 0 Å². The van der Waals surface area contributed by atoms with Crippen molar-refractivity contribution in [3.63, 3.8) is 0 Å². The quantitative estimate of drug-likeness (QED) is 0.846. The predicted molar refractivity (Wildman–Crippen MR) is 85.9 cm³/mol. The number of hydrogen-bond acceptors (Lipinski definition) is 2. The Morgan fingerprint density at radius 3 is 2.35 bits per heavy atom. The highest BCUT2D eigenvalue weighted by Gasteiger charge is 2.20. The average Bonchev–Trinajstić information content (AvgIpc) is 2.40. The third kappa shape index (κ3) is 4.09. The summed E-state index contributed by atoms with van der Waals surface area (Å²) in [6.45, 7) is 8.88. The van der Waals surface area contributed by atoms with Gasteiger partial charge in [-0.1, -0.05) is 51.1 Å². The van der Waals surface area contributed by atoms with Crippen LogP contribution in [0.2, 0.25) is 0 Å². The second kappa shape index (κ2) is 6.08. The van der Waals surface area contributed by atoms with Gasteiger partial charge in [0.15, 0.2) is 0 Å². The van der Waals surface area contributed by atoms with Crippen molar-refractivity contribution in [3.05, 3.63) is 59.9 Å². The van der Waals surface area contributed by atoms with Crippen LogP contribution in [0.5, 0.6) is 0 Å². The highest BCUT2D eigenvalue weighted by atomic mass is 14.9. The van der Waals surface area contributed by atoms with Crippen molar-refractivity contribution >= 4 is 5.69 Å². The third-order valence-electron chi connectivity index (χ3n) is 3.36. The molecule has 1 N–H and O–H groups in total. The Balaban J connectivity index is 2.26. The zero-order valence-corrected chi connectivity index (χ0v) is 12.9. The molecular weight excluding hydrogens is 244 g/mol. The van der Waals surface area contributed by atoms with Crippen LogP contribution >= 0.6 is 0 Å². The molecule has 1 aromatic heterocycles. The van der Waals surface area contributed by atoms with Crippen molar-refractivity contribution in [1.82, 2.24) is 4.98 Å². The SMILES string of the molecule is Cc1ncccc1NC(CC(C)(C)C)c1ccccc1. The predicted octanol–water partition coefficient (Wildman–Crippen LogP) is 4.98. The van der Waals surface area contributed by atoms with E-state index in [0.29, 0.717) is 6.04 Å². The van der Waals surface area contributed by atoms with Crippen LogP contribution in [0.4, 0.5) is 5.69 Å². The molecule has 1 aromatic carbocycles. The van der Waals surface area contributed by atoms with Crippen LogP contribution in [-0.2, 0) is 0 Å². The molecule has 0 spiro atoms. The molecule has 1 heterocycles. The molecule has 0 fully saturated rings. The average molecular weight is 268 g/mol. The summed E-state index contributed by atoms with van der Waals surface area (Å²) in [4.78, 5) is 4.36. The van der Waals surface area contributed by atoms with E-state index in [1.807, 2.05) is 19.2 Å². The van der Waals surface area contributed by atoms with Crippen LogP contribution in [0.15, 0.2) is 48.7 Å². The van der Waals surface area contributed by atoms with E-state index in [1.54, 1.807) is 0 Å².